The normalized spacial score (nSPS) is 41.4. The first-order valence-corrected chi connectivity index (χ1v) is 9.49. The van der Waals surface area contributed by atoms with Crippen molar-refractivity contribution in [2.75, 3.05) is 5.88 Å². The van der Waals surface area contributed by atoms with E-state index in [9.17, 15) is 14.7 Å². The van der Waals surface area contributed by atoms with Crippen LogP contribution in [0.4, 0.5) is 0 Å². The molecule has 1 aromatic heterocycles. The molecule has 26 heavy (non-hydrogen) atoms. The maximum absolute atomic E-state index is 13.2. The molecule has 1 spiro atoms. The van der Waals surface area contributed by atoms with Crippen LogP contribution in [0.15, 0.2) is 34.2 Å². The Labute approximate surface area is 155 Å². The number of rotatable bonds is 2. The molecule has 2 fully saturated rings. The summed E-state index contributed by atoms with van der Waals surface area (Å²) in [5.41, 5.74) is -0.321. The maximum Gasteiger partial charge on any atom is 0.334 e. The van der Waals surface area contributed by atoms with Gasteiger partial charge in [-0.2, -0.15) is 0 Å². The van der Waals surface area contributed by atoms with Gasteiger partial charge < -0.3 is 19.0 Å². The Balaban J connectivity index is 1.66. The van der Waals surface area contributed by atoms with Crippen LogP contribution in [0.5, 0.6) is 0 Å². The van der Waals surface area contributed by atoms with Gasteiger partial charge in [0.1, 0.15) is 17.6 Å². The zero-order valence-electron chi connectivity index (χ0n) is 14.1. The summed E-state index contributed by atoms with van der Waals surface area (Å²) in [5.74, 6) is -1.16. The summed E-state index contributed by atoms with van der Waals surface area (Å²) in [5, 5.41) is 11.5. The predicted molar refractivity (Wildman–Crippen MR) is 89.1 cm³/mol. The minimum absolute atomic E-state index is 0.118. The van der Waals surface area contributed by atoms with E-state index in [1.54, 1.807) is 12.3 Å². The van der Waals surface area contributed by atoms with Crippen molar-refractivity contribution < 1.29 is 28.6 Å². The van der Waals surface area contributed by atoms with Crippen molar-refractivity contribution in [3.63, 3.8) is 0 Å². The molecule has 0 radical (unpaired) electrons. The molecular formula is C19H19ClO6. The molecule has 1 aromatic rings. The number of hydrogen-bond donors (Lipinski definition) is 1. The molecule has 6 nitrogen and oxygen atoms in total. The standard InChI is InChI=1S/C19H19ClO6/c20-9-18(23)6-14-15-11(16(21)25-14)2-1-3-12(15)19(18)7-13(26-17(19)22)10-4-5-24-8-10/h4-5,8,12-14,23H,1-3,6-7,9H2/t12-,13+,14-,18-,19-/m1/s1. The predicted octanol–water partition coefficient (Wildman–Crippen LogP) is 2.65. The summed E-state index contributed by atoms with van der Waals surface area (Å²) in [7, 11) is 0. The highest BCUT2D eigenvalue weighted by Gasteiger charge is 2.71. The van der Waals surface area contributed by atoms with Gasteiger partial charge in [-0.3, -0.25) is 4.79 Å². The third-order valence-electron chi connectivity index (χ3n) is 6.69. The molecule has 3 heterocycles. The van der Waals surface area contributed by atoms with Crippen molar-refractivity contribution in [3.8, 4) is 0 Å². The van der Waals surface area contributed by atoms with E-state index in [0.29, 0.717) is 24.8 Å². The van der Waals surface area contributed by atoms with Crippen LogP contribution in [0, 0.1) is 11.3 Å². The molecule has 5 atom stereocenters. The van der Waals surface area contributed by atoms with Gasteiger partial charge in [0.2, 0.25) is 0 Å². The number of fused-ring (bicyclic) bond motifs is 1. The van der Waals surface area contributed by atoms with E-state index in [4.69, 9.17) is 25.5 Å². The van der Waals surface area contributed by atoms with Crippen LogP contribution < -0.4 is 0 Å². The fourth-order valence-corrected chi connectivity index (χ4v) is 5.85. The van der Waals surface area contributed by atoms with Gasteiger partial charge in [0.15, 0.2) is 0 Å². The third kappa shape index (κ3) is 1.86. The van der Waals surface area contributed by atoms with Gasteiger partial charge in [-0.15, -0.1) is 11.6 Å². The number of ether oxygens (including phenoxy) is 2. The Kier molecular flexibility index (Phi) is 3.38. The number of furan rings is 1. The highest BCUT2D eigenvalue weighted by molar-refractivity contribution is 6.19. The Morgan fingerprint density at radius 3 is 2.81 bits per heavy atom. The van der Waals surface area contributed by atoms with E-state index in [2.05, 4.69) is 0 Å². The van der Waals surface area contributed by atoms with Gasteiger partial charge in [-0.25, -0.2) is 4.79 Å². The Hall–Kier alpha value is -1.79. The van der Waals surface area contributed by atoms with Crippen molar-refractivity contribution in [1.29, 1.82) is 0 Å². The lowest BCUT2D eigenvalue weighted by Gasteiger charge is -2.52. The van der Waals surface area contributed by atoms with Gasteiger partial charge in [-0.05, 0) is 30.9 Å². The van der Waals surface area contributed by atoms with E-state index in [1.807, 2.05) is 0 Å². The monoisotopic (exact) mass is 378 g/mol. The van der Waals surface area contributed by atoms with E-state index in [0.717, 1.165) is 17.6 Å². The largest absolute Gasteiger partial charge is 0.472 e. The SMILES string of the molecule is O=C1O[C@@H]2C[C@@](O)(CCl)[C@]3(C[C@@H](c4ccoc4)OC3=O)[C@@H]3CCCC1=C32. The summed E-state index contributed by atoms with van der Waals surface area (Å²) in [6.07, 6.45) is 4.69. The van der Waals surface area contributed by atoms with Crippen LogP contribution >= 0.6 is 11.6 Å². The zero-order valence-corrected chi connectivity index (χ0v) is 14.8. The van der Waals surface area contributed by atoms with Crippen molar-refractivity contribution in [2.24, 2.45) is 11.3 Å². The smallest absolute Gasteiger partial charge is 0.334 e. The summed E-state index contributed by atoms with van der Waals surface area (Å²) in [6, 6.07) is 1.76. The third-order valence-corrected chi connectivity index (χ3v) is 7.13. The molecule has 1 N–H and O–H groups in total. The maximum atomic E-state index is 13.2. The Morgan fingerprint density at radius 1 is 1.23 bits per heavy atom. The van der Waals surface area contributed by atoms with Crippen LogP contribution in [0.3, 0.4) is 0 Å². The lowest BCUT2D eigenvalue weighted by molar-refractivity contribution is -0.178. The van der Waals surface area contributed by atoms with Gasteiger partial charge in [0, 0.05) is 29.9 Å². The summed E-state index contributed by atoms with van der Waals surface area (Å²) in [4.78, 5) is 25.4. The lowest BCUT2D eigenvalue weighted by atomic mass is 9.52. The number of halogens is 1. The van der Waals surface area contributed by atoms with Crippen molar-refractivity contribution in [1.82, 2.24) is 0 Å². The number of aliphatic hydroxyl groups is 1. The first-order valence-electron chi connectivity index (χ1n) is 8.95. The number of carbonyl (C=O) groups is 2. The van der Waals surface area contributed by atoms with Gasteiger partial charge in [0.05, 0.1) is 24.0 Å². The highest BCUT2D eigenvalue weighted by Crippen LogP contribution is 2.64. The zero-order chi connectivity index (χ0) is 18.1. The molecule has 0 unspecified atom stereocenters. The van der Waals surface area contributed by atoms with Crippen LogP contribution in [-0.4, -0.2) is 34.6 Å². The van der Waals surface area contributed by atoms with Gasteiger partial charge in [0.25, 0.3) is 0 Å². The quantitative estimate of drug-likeness (QED) is 0.629. The number of hydrogen-bond acceptors (Lipinski definition) is 6. The fourth-order valence-electron chi connectivity index (χ4n) is 5.51. The molecule has 1 saturated heterocycles. The number of carbonyl (C=O) groups excluding carboxylic acids is 2. The Bertz CT molecular complexity index is 814. The minimum atomic E-state index is -1.49. The van der Waals surface area contributed by atoms with Gasteiger partial charge in [-0.1, -0.05) is 0 Å². The fraction of sp³-hybridized carbons (Fsp3) is 0.579. The first kappa shape index (κ1) is 16.4. The molecule has 5 rings (SSSR count). The number of esters is 2. The second-order valence-corrected chi connectivity index (χ2v) is 8.04. The van der Waals surface area contributed by atoms with E-state index >= 15 is 0 Å². The van der Waals surface area contributed by atoms with Crippen LogP contribution in [0.25, 0.3) is 0 Å². The van der Waals surface area contributed by atoms with E-state index in [1.165, 1.54) is 6.26 Å². The average molecular weight is 379 g/mol. The molecule has 4 aliphatic rings. The first-order chi connectivity index (χ1) is 12.5. The van der Waals surface area contributed by atoms with Crippen molar-refractivity contribution in [2.45, 2.75) is 49.9 Å². The summed E-state index contributed by atoms with van der Waals surface area (Å²) >= 11 is 6.20. The van der Waals surface area contributed by atoms with E-state index in [-0.39, 0.29) is 24.2 Å². The molecular weight excluding hydrogens is 360 g/mol. The van der Waals surface area contributed by atoms with Crippen LogP contribution in [0.1, 0.15) is 43.8 Å². The average Bonchev–Trinajstić information content (AvgIpc) is 3.34. The molecule has 0 bridgehead atoms. The van der Waals surface area contributed by atoms with Crippen molar-refractivity contribution >= 4 is 23.5 Å². The topological polar surface area (TPSA) is 86.0 Å². The molecule has 0 aromatic carbocycles. The minimum Gasteiger partial charge on any atom is -0.472 e. The second-order valence-electron chi connectivity index (χ2n) is 7.77. The highest BCUT2D eigenvalue weighted by atomic mass is 35.5. The number of cyclic esters (lactones) is 1. The molecule has 138 valence electrons. The molecule has 1 saturated carbocycles. The molecule has 2 aliphatic carbocycles. The summed E-state index contributed by atoms with van der Waals surface area (Å²) < 4.78 is 16.3. The number of alkyl halides is 1. The molecule has 0 amide bonds. The van der Waals surface area contributed by atoms with Crippen LogP contribution in [0.2, 0.25) is 0 Å². The Morgan fingerprint density at radius 2 is 2.08 bits per heavy atom. The van der Waals surface area contributed by atoms with Gasteiger partial charge >= 0.3 is 11.9 Å². The second kappa shape index (κ2) is 5.36. The molecule has 7 heteroatoms. The van der Waals surface area contributed by atoms with Crippen LogP contribution in [-0.2, 0) is 19.1 Å². The molecule has 2 aliphatic heterocycles. The summed E-state index contributed by atoms with van der Waals surface area (Å²) in [6.45, 7) is 0. The van der Waals surface area contributed by atoms with E-state index < -0.39 is 29.2 Å². The van der Waals surface area contributed by atoms with Crippen molar-refractivity contribution in [3.05, 3.63) is 35.3 Å². The lowest BCUT2D eigenvalue weighted by Crippen LogP contribution is -2.62.